The van der Waals surface area contributed by atoms with E-state index in [1.807, 2.05) is 26.0 Å². The maximum absolute atomic E-state index is 14.1. The Morgan fingerprint density at radius 1 is 0.921 bits per heavy atom. The van der Waals surface area contributed by atoms with Gasteiger partial charge in [-0.25, -0.2) is 19.6 Å². The van der Waals surface area contributed by atoms with Crippen LogP contribution in [0.2, 0.25) is 0 Å². The van der Waals surface area contributed by atoms with Crippen LogP contribution in [0.5, 0.6) is 5.75 Å². The second-order valence-corrected chi connectivity index (χ2v) is 17.3. The van der Waals surface area contributed by atoms with Crippen molar-refractivity contribution in [1.82, 2.24) is 40.4 Å². The Kier molecular flexibility index (Phi) is 12.3. The average molecular weight is 865 g/mol. The van der Waals surface area contributed by atoms with Crippen LogP contribution in [0.25, 0.3) is 44.2 Å². The number of H-pyrrole nitrogens is 2. The molecule has 5 heterocycles. The van der Waals surface area contributed by atoms with E-state index in [1.165, 1.54) is 14.2 Å². The number of nitrogens with zero attached hydrogens (tertiary/aromatic N) is 4. The molecule has 5 aromatic rings. The summed E-state index contributed by atoms with van der Waals surface area (Å²) in [7, 11) is 4.39. The first-order valence-electron chi connectivity index (χ1n) is 21.6. The molecule has 2 saturated heterocycles. The van der Waals surface area contributed by atoms with Crippen molar-refractivity contribution in [3.8, 4) is 28.1 Å². The minimum absolute atomic E-state index is 0.0519. The summed E-state index contributed by atoms with van der Waals surface area (Å²) in [6.45, 7) is 9.40. The molecule has 0 aliphatic carbocycles. The Morgan fingerprint density at radius 2 is 1.68 bits per heavy atom. The van der Waals surface area contributed by atoms with Crippen LogP contribution in [0.15, 0.2) is 48.7 Å². The normalized spacial score (nSPS) is 21.3. The number of aromatic nitrogens is 4. The fourth-order valence-corrected chi connectivity index (χ4v) is 9.49. The zero-order valence-electron chi connectivity index (χ0n) is 36.7. The predicted molar refractivity (Wildman–Crippen MR) is 234 cm³/mol. The zero-order valence-corrected chi connectivity index (χ0v) is 36.7. The molecule has 5 N–H and O–H groups in total. The molecule has 3 aliphatic rings. The molecule has 8 atom stereocenters. The summed E-state index contributed by atoms with van der Waals surface area (Å²) in [6.07, 6.45) is 1.22. The highest BCUT2D eigenvalue weighted by molar-refractivity contribution is 6.07. The number of carbonyl (C=O) groups excluding carboxylic acids is 3. The number of aromatic amines is 2. The number of carbonyl (C=O) groups is 4. The fourth-order valence-electron chi connectivity index (χ4n) is 9.49. The molecule has 4 amide bonds. The van der Waals surface area contributed by atoms with Gasteiger partial charge in [-0.2, -0.15) is 0 Å². The summed E-state index contributed by atoms with van der Waals surface area (Å²) in [6, 6.07) is 11.9. The first-order chi connectivity index (χ1) is 30.3. The number of fused-ring (bicyclic) bond motifs is 6. The Morgan fingerprint density at radius 3 is 2.41 bits per heavy atom. The monoisotopic (exact) mass is 864 g/mol. The molecule has 0 unspecified atom stereocenters. The van der Waals surface area contributed by atoms with Crippen molar-refractivity contribution < 1.29 is 43.2 Å². The van der Waals surface area contributed by atoms with Crippen LogP contribution in [0.4, 0.5) is 9.59 Å². The van der Waals surface area contributed by atoms with E-state index in [0.29, 0.717) is 57.2 Å². The molecule has 17 heteroatoms. The number of benzene rings is 3. The summed E-state index contributed by atoms with van der Waals surface area (Å²) in [5.41, 5.74) is 6.34. The van der Waals surface area contributed by atoms with Crippen LogP contribution in [-0.4, -0.2) is 118 Å². The van der Waals surface area contributed by atoms with Gasteiger partial charge < -0.3 is 54.5 Å². The van der Waals surface area contributed by atoms with Crippen LogP contribution >= 0.6 is 0 Å². The van der Waals surface area contributed by atoms with E-state index in [1.54, 1.807) is 30.0 Å². The molecule has 3 aromatic carbocycles. The van der Waals surface area contributed by atoms with Crippen LogP contribution < -0.4 is 15.4 Å². The highest BCUT2D eigenvalue weighted by Crippen LogP contribution is 2.44. The molecule has 8 rings (SSSR count). The topological polar surface area (TPSA) is 213 Å². The van der Waals surface area contributed by atoms with Gasteiger partial charge >= 0.3 is 12.2 Å². The maximum Gasteiger partial charge on any atom is 0.407 e. The van der Waals surface area contributed by atoms with Gasteiger partial charge in [0.05, 0.1) is 54.8 Å². The van der Waals surface area contributed by atoms with Crippen molar-refractivity contribution in [1.29, 1.82) is 0 Å². The molecule has 3 aliphatic heterocycles. The molecule has 0 bridgehead atoms. The predicted octanol–water partition coefficient (Wildman–Crippen LogP) is 6.55. The van der Waals surface area contributed by atoms with Gasteiger partial charge in [0.2, 0.25) is 11.8 Å². The molecule has 2 aromatic heterocycles. The lowest BCUT2D eigenvalue weighted by atomic mass is 9.92. The van der Waals surface area contributed by atoms with Crippen molar-refractivity contribution in [3.63, 3.8) is 0 Å². The van der Waals surface area contributed by atoms with E-state index in [4.69, 9.17) is 28.9 Å². The second kappa shape index (κ2) is 17.9. The molecule has 0 spiro atoms. The van der Waals surface area contributed by atoms with E-state index < -0.39 is 36.4 Å². The number of alkyl carbamates (subject to hydrolysis) is 1. The minimum atomic E-state index is -1.21. The molecular formula is C46H56N8O9. The fraction of sp³-hybridized carbons (Fsp3) is 0.478. The van der Waals surface area contributed by atoms with Crippen molar-refractivity contribution >= 4 is 45.8 Å². The molecule has 0 radical (unpaired) electrons. The molecule has 17 nitrogen and oxygen atoms in total. The number of likely N-dealkylation sites (tertiary alicyclic amines) is 2. The van der Waals surface area contributed by atoms with E-state index >= 15 is 0 Å². The first-order valence-corrected chi connectivity index (χ1v) is 21.6. The van der Waals surface area contributed by atoms with E-state index in [-0.39, 0.29) is 35.6 Å². The smallest absolute Gasteiger partial charge is 0.407 e. The van der Waals surface area contributed by atoms with Crippen molar-refractivity contribution in [2.75, 3.05) is 41.0 Å². The lowest BCUT2D eigenvalue weighted by molar-refractivity contribution is -0.138. The number of carboxylic acid groups (broad SMARTS) is 1. The summed E-state index contributed by atoms with van der Waals surface area (Å²) < 4.78 is 22.2. The number of rotatable bonds is 13. The van der Waals surface area contributed by atoms with Gasteiger partial charge in [0.15, 0.2) is 0 Å². The zero-order chi connectivity index (χ0) is 44.7. The number of ether oxygens (including phenoxy) is 4. The number of hydrogen-bond acceptors (Lipinski definition) is 10. The number of hydrogen-bond donors (Lipinski definition) is 5. The quantitative estimate of drug-likeness (QED) is 0.0856. The number of imidazole rings is 2. The Bertz CT molecular complexity index is 2540. The van der Waals surface area contributed by atoms with Gasteiger partial charge in [-0.1, -0.05) is 45.4 Å². The summed E-state index contributed by atoms with van der Waals surface area (Å²) in [5, 5.41) is 16.5. The number of methoxy groups -OCH3 is 3. The third-order valence-electron chi connectivity index (χ3n) is 13.1. The first kappa shape index (κ1) is 43.4. The van der Waals surface area contributed by atoms with Crippen molar-refractivity contribution in [2.24, 2.45) is 17.8 Å². The van der Waals surface area contributed by atoms with Gasteiger partial charge in [-0.05, 0) is 77.9 Å². The van der Waals surface area contributed by atoms with Crippen molar-refractivity contribution in [3.05, 3.63) is 65.9 Å². The van der Waals surface area contributed by atoms with Gasteiger partial charge in [-0.15, -0.1) is 0 Å². The number of nitrogens with one attached hydrogen (secondary N) is 4. The SMILES string of the molecule is CC[C@@H](C)[C@H](NC(=O)O)C(=O)N1C[C@@H](C)C[C@H]1c1ncc(-c2ccc3c(c2)COc2cc4c(ccc5[nH]c([C@@H]6C[C@H](COC)CN6C(=O)[C@@H](NC(=O)OC)[C@H](C)OC)nc54)cc2-3)[nH]1. The van der Waals surface area contributed by atoms with Gasteiger partial charge in [0, 0.05) is 44.2 Å². The number of amides is 4. The Balaban J connectivity index is 1.06. The molecular weight excluding hydrogens is 809 g/mol. The Labute approximate surface area is 365 Å². The van der Waals surface area contributed by atoms with Gasteiger partial charge in [0.1, 0.15) is 36.1 Å². The third-order valence-corrected chi connectivity index (χ3v) is 13.1. The summed E-state index contributed by atoms with van der Waals surface area (Å²) >= 11 is 0. The van der Waals surface area contributed by atoms with E-state index in [2.05, 4.69) is 57.9 Å². The summed E-state index contributed by atoms with van der Waals surface area (Å²) in [4.78, 5) is 72.2. The lowest BCUT2D eigenvalue weighted by Gasteiger charge is -2.30. The molecule has 2 fully saturated rings. The van der Waals surface area contributed by atoms with E-state index in [0.717, 1.165) is 55.5 Å². The van der Waals surface area contributed by atoms with Crippen LogP contribution in [-0.2, 0) is 30.4 Å². The lowest BCUT2D eigenvalue weighted by Crippen LogP contribution is -2.54. The maximum atomic E-state index is 14.1. The van der Waals surface area contributed by atoms with Gasteiger partial charge in [0.25, 0.3) is 0 Å². The van der Waals surface area contributed by atoms with Crippen molar-refractivity contribution in [2.45, 2.75) is 83.8 Å². The van der Waals surface area contributed by atoms with Gasteiger partial charge in [-0.3, -0.25) is 9.59 Å². The van der Waals surface area contributed by atoms with Crippen LogP contribution in [0, 0.1) is 17.8 Å². The van der Waals surface area contributed by atoms with E-state index in [9.17, 15) is 24.3 Å². The summed E-state index contributed by atoms with van der Waals surface area (Å²) in [5.74, 6) is 1.62. The highest BCUT2D eigenvalue weighted by atomic mass is 16.5. The molecule has 63 heavy (non-hydrogen) atoms. The third kappa shape index (κ3) is 8.38. The minimum Gasteiger partial charge on any atom is -0.488 e. The highest BCUT2D eigenvalue weighted by Gasteiger charge is 2.43. The average Bonchev–Trinajstić information content (AvgIpc) is 4.11. The van der Waals surface area contributed by atoms with Crippen LogP contribution in [0.1, 0.15) is 76.3 Å². The van der Waals surface area contributed by atoms with Crippen LogP contribution in [0.3, 0.4) is 0 Å². The second-order valence-electron chi connectivity index (χ2n) is 17.3. The standard InChI is InChI=1S/C46H56N8O9/c1-8-24(3)38(51-45(57)58)43(55)53-19-23(2)13-35(53)41-47-18-34(49-41)28-9-11-30-29(15-28)22-63-37-17-31-27(16-32(30)37)10-12-33-40(31)50-42(48-33)36-14-26(21-60-5)20-54(36)44(56)39(25(4)61-6)52-46(59)62-7/h9-12,15-18,23-26,35-36,38-39,51H,8,13-14,19-22H2,1-7H3,(H,47,49)(H,48,50)(H,52,59)(H,57,58)/t23-,24+,25-,26-,35-,36-,38-,39-/m0/s1. The molecule has 334 valence electrons. The molecule has 0 saturated carbocycles. The Hall–Kier alpha value is -6.20. The largest absolute Gasteiger partial charge is 0.488 e.